The second-order valence-corrected chi connectivity index (χ2v) is 4.52. The van der Waals surface area contributed by atoms with Crippen LogP contribution in [-0.4, -0.2) is 14.9 Å². The van der Waals surface area contributed by atoms with Crippen molar-refractivity contribution in [3.8, 4) is 0 Å². The summed E-state index contributed by atoms with van der Waals surface area (Å²) in [5, 5.41) is 11.3. The van der Waals surface area contributed by atoms with Gasteiger partial charge in [-0.25, -0.2) is 15.8 Å². The molecule has 2 aromatic rings. The Morgan fingerprint density at radius 2 is 2.05 bits per heavy atom. The zero-order chi connectivity index (χ0) is 13.7. The predicted molar refractivity (Wildman–Crippen MR) is 72.5 cm³/mol. The van der Waals surface area contributed by atoms with E-state index in [1.165, 1.54) is 18.1 Å². The van der Waals surface area contributed by atoms with Gasteiger partial charge in [-0.3, -0.25) is 10.1 Å². The largest absolute Gasteiger partial charge is 0.344 e. The average molecular weight is 277 g/mol. The highest BCUT2D eigenvalue weighted by atomic mass is 32.2. The number of aromatic nitrogens is 2. The summed E-state index contributed by atoms with van der Waals surface area (Å²) in [5.41, 5.74) is 3.06. The Labute approximate surface area is 113 Å². The molecular weight excluding hydrogens is 266 g/mol. The first-order chi connectivity index (χ1) is 9.22. The number of thioether (sulfide) groups is 1. The molecule has 98 valence electrons. The van der Waals surface area contributed by atoms with Gasteiger partial charge in [0.1, 0.15) is 6.33 Å². The number of nitrogen functional groups attached to an aromatic ring is 1. The van der Waals surface area contributed by atoms with Gasteiger partial charge in [-0.1, -0.05) is 42.1 Å². The number of nitrogens with zero attached hydrogens (tertiary/aromatic N) is 3. The lowest BCUT2D eigenvalue weighted by Gasteiger charge is -2.05. The van der Waals surface area contributed by atoms with Crippen LogP contribution in [0, 0.1) is 10.1 Å². The maximum absolute atomic E-state index is 11.0. The van der Waals surface area contributed by atoms with E-state index in [1.807, 2.05) is 30.3 Å². The maximum atomic E-state index is 11.0. The Balaban J connectivity index is 2.23. The van der Waals surface area contributed by atoms with E-state index in [1.54, 1.807) is 0 Å². The first kappa shape index (κ1) is 13.2. The Morgan fingerprint density at radius 1 is 1.32 bits per heavy atom. The zero-order valence-corrected chi connectivity index (χ0v) is 10.6. The van der Waals surface area contributed by atoms with Crippen LogP contribution in [0.25, 0.3) is 0 Å². The minimum atomic E-state index is -0.539. The van der Waals surface area contributed by atoms with Crippen molar-refractivity contribution in [2.45, 2.75) is 10.8 Å². The van der Waals surface area contributed by atoms with E-state index in [4.69, 9.17) is 5.84 Å². The Hall–Kier alpha value is -2.19. The quantitative estimate of drug-likeness (QED) is 0.283. The van der Waals surface area contributed by atoms with E-state index >= 15 is 0 Å². The number of nitrogens with one attached hydrogen (secondary N) is 1. The summed E-state index contributed by atoms with van der Waals surface area (Å²) < 4.78 is 0. The highest BCUT2D eigenvalue weighted by Gasteiger charge is 2.22. The molecule has 0 spiro atoms. The molecule has 0 unspecified atom stereocenters. The molecule has 0 radical (unpaired) electrons. The number of hydrogen-bond acceptors (Lipinski definition) is 7. The molecule has 1 aromatic carbocycles. The van der Waals surface area contributed by atoms with Gasteiger partial charge in [0.15, 0.2) is 5.03 Å². The molecule has 0 bridgehead atoms. The molecule has 1 heterocycles. The third-order valence-corrected chi connectivity index (χ3v) is 3.38. The van der Waals surface area contributed by atoms with Crippen LogP contribution in [-0.2, 0) is 5.75 Å². The topological polar surface area (TPSA) is 107 Å². The van der Waals surface area contributed by atoms with E-state index in [0.717, 1.165) is 5.56 Å². The summed E-state index contributed by atoms with van der Waals surface area (Å²) in [6.45, 7) is 0. The van der Waals surface area contributed by atoms with Crippen molar-refractivity contribution in [2.24, 2.45) is 5.84 Å². The number of rotatable bonds is 5. The molecule has 7 nitrogen and oxygen atoms in total. The van der Waals surface area contributed by atoms with Crippen LogP contribution in [0.1, 0.15) is 5.56 Å². The van der Waals surface area contributed by atoms with Crippen LogP contribution in [0.3, 0.4) is 0 Å². The van der Waals surface area contributed by atoms with Crippen molar-refractivity contribution in [1.29, 1.82) is 0 Å². The van der Waals surface area contributed by atoms with Gasteiger partial charge in [-0.05, 0) is 5.56 Å². The van der Waals surface area contributed by atoms with Crippen molar-refractivity contribution >= 4 is 23.3 Å². The molecular formula is C11H11N5O2S. The first-order valence-electron chi connectivity index (χ1n) is 5.35. The minimum Gasteiger partial charge on any atom is -0.303 e. The summed E-state index contributed by atoms with van der Waals surface area (Å²) >= 11 is 1.27. The molecule has 3 N–H and O–H groups in total. The fourth-order valence-electron chi connectivity index (χ4n) is 1.46. The van der Waals surface area contributed by atoms with Gasteiger partial charge in [0.05, 0.1) is 4.92 Å². The highest BCUT2D eigenvalue weighted by Crippen LogP contribution is 2.33. The second kappa shape index (κ2) is 6.12. The molecule has 19 heavy (non-hydrogen) atoms. The molecule has 1 aromatic heterocycles. The van der Waals surface area contributed by atoms with Crippen molar-refractivity contribution in [3.05, 3.63) is 52.3 Å². The van der Waals surface area contributed by atoms with E-state index in [0.29, 0.717) is 5.75 Å². The number of benzene rings is 1. The number of nitrogens with two attached hydrogens (primary N) is 1. The van der Waals surface area contributed by atoms with Gasteiger partial charge in [-0.15, -0.1) is 0 Å². The summed E-state index contributed by atoms with van der Waals surface area (Å²) in [4.78, 5) is 18.2. The van der Waals surface area contributed by atoms with Crippen LogP contribution in [0.2, 0.25) is 0 Å². The molecule has 0 aliphatic carbocycles. The smallest absolute Gasteiger partial charge is 0.303 e. The van der Waals surface area contributed by atoms with Crippen LogP contribution in [0.5, 0.6) is 0 Å². The van der Waals surface area contributed by atoms with Crippen molar-refractivity contribution in [1.82, 2.24) is 9.97 Å². The lowest BCUT2D eigenvalue weighted by Crippen LogP contribution is -2.12. The predicted octanol–water partition coefficient (Wildman–Crippen LogP) is 1.96. The van der Waals surface area contributed by atoms with Crippen LogP contribution >= 0.6 is 11.8 Å². The van der Waals surface area contributed by atoms with Crippen molar-refractivity contribution < 1.29 is 4.92 Å². The lowest BCUT2D eigenvalue weighted by molar-refractivity contribution is -0.387. The Bertz CT molecular complexity index is 579. The van der Waals surface area contributed by atoms with E-state index in [9.17, 15) is 10.1 Å². The second-order valence-electron chi connectivity index (χ2n) is 3.55. The third kappa shape index (κ3) is 3.18. The van der Waals surface area contributed by atoms with Gasteiger partial charge in [0.25, 0.3) is 0 Å². The maximum Gasteiger partial charge on any atom is 0.344 e. The highest BCUT2D eigenvalue weighted by molar-refractivity contribution is 7.98. The van der Waals surface area contributed by atoms with Crippen LogP contribution < -0.4 is 11.3 Å². The fraction of sp³-hybridized carbons (Fsp3) is 0.0909. The van der Waals surface area contributed by atoms with E-state index in [2.05, 4.69) is 15.4 Å². The molecule has 0 saturated heterocycles. The fourth-order valence-corrected chi connectivity index (χ4v) is 2.39. The average Bonchev–Trinajstić information content (AvgIpc) is 2.45. The SMILES string of the molecule is NNc1ncnc(SCc2ccccc2)c1[N+](=O)[O-]. The van der Waals surface area contributed by atoms with Gasteiger partial charge < -0.3 is 5.43 Å². The molecule has 0 atom stereocenters. The summed E-state index contributed by atoms with van der Waals surface area (Å²) in [6.07, 6.45) is 1.25. The van der Waals surface area contributed by atoms with Crippen LogP contribution in [0.15, 0.2) is 41.7 Å². The molecule has 8 heteroatoms. The Kier molecular flexibility index (Phi) is 4.26. The van der Waals surface area contributed by atoms with Crippen molar-refractivity contribution in [3.63, 3.8) is 0 Å². The monoisotopic (exact) mass is 277 g/mol. The standard InChI is InChI=1S/C11H11N5O2S/c12-15-10-9(16(17)18)11(14-7-13-10)19-6-8-4-2-1-3-5-8/h1-5,7H,6,12H2,(H,13,14,15). The lowest BCUT2D eigenvalue weighted by atomic mass is 10.2. The Morgan fingerprint density at radius 3 is 2.68 bits per heavy atom. The van der Waals surface area contributed by atoms with Gasteiger partial charge in [-0.2, -0.15) is 0 Å². The molecule has 0 amide bonds. The van der Waals surface area contributed by atoms with Crippen molar-refractivity contribution in [2.75, 3.05) is 5.43 Å². The molecule has 0 aliphatic heterocycles. The zero-order valence-electron chi connectivity index (χ0n) is 9.81. The molecule has 0 saturated carbocycles. The van der Waals surface area contributed by atoms with Gasteiger partial charge >= 0.3 is 5.69 Å². The summed E-state index contributed by atoms with van der Waals surface area (Å²) in [6, 6.07) is 9.64. The molecule has 0 aliphatic rings. The number of nitro groups is 1. The van der Waals surface area contributed by atoms with Gasteiger partial charge in [0.2, 0.25) is 5.82 Å². The minimum absolute atomic E-state index is 0.00978. The number of anilines is 1. The van der Waals surface area contributed by atoms with Crippen LogP contribution in [0.4, 0.5) is 11.5 Å². The third-order valence-electron chi connectivity index (χ3n) is 2.33. The number of hydrogen-bond donors (Lipinski definition) is 2. The summed E-state index contributed by atoms with van der Waals surface area (Å²) in [5.74, 6) is 5.81. The van der Waals surface area contributed by atoms with E-state index in [-0.39, 0.29) is 16.5 Å². The molecule has 2 rings (SSSR count). The normalized spacial score (nSPS) is 10.2. The van der Waals surface area contributed by atoms with Gasteiger partial charge in [0, 0.05) is 5.75 Å². The van der Waals surface area contributed by atoms with E-state index < -0.39 is 4.92 Å². The number of hydrazine groups is 1. The summed E-state index contributed by atoms with van der Waals surface area (Å²) in [7, 11) is 0. The first-order valence-corrected chi connectivity index (χ1v) is 6.33. The molecule has 0 fully saturated rings.